The van der Waals surface area contributed by atoms with Crippen molar-refractivity contribution < 1.29 is 14.3 Å². The number of hydrogen-bond donors (Lipinski definition) is 0. The van der Waals surface area contributed by atoms with E-state index >= 15 is 0 Å². The Morgan fingerprint density at radius 3 is 2.78 bits per heavy atom. The number of nitrogens with zero attached hydrogens (tertiary/aromatic N) is 1. The lowest BCUT2D eigenvalue weighted by Crippen LogP contribution is -2.37. The van der Waals surface area contributed by atoms with Crippen molar-refractivity contribution >= 4 is 40.7 Å². The lowest BCUT2D eigenvalue weighted by molar-refractivity contribution is -0.146. The number of ether oxygens (including phenoxy) is 1. The average molecular weight is 408 g/mol. The third-order valence-electron chi connectivity index (χ3n) is 5.13. The second-order valence-corrected chi connectivity index (χ2v) is 7.88. The van der Waals surface area contributed by atoms with E-state index in [0.717, 1.165) is 36.9 Å². The molecule has 2 atom stereocenters. The number of carbonyl (C=O) groups is 2. The van der Waals surface area contributed by atoms with Crippen molar-refractivity contribution in [2.75, 3.05) is 6.61 Å². The van der Waals surface area contributed by atoms with E-state index in [1.54, 1.807) is 18.2 Å². The fourth-order valence-electron chi connectivity index (χ4n) is 3.81. The minimum Gasteiger partial charge on any atom is -0.465 e. The van der Waals surface area contributed by atoms with Crippen molar-refractivity contribution in [3.63, 3.8) is 0 Å². The molecule has 1 aromatic rings. The highest BCUT2D eigenvalue weighted by molar-refractivity contribution is 6.35. The van der Waals surface area contributed by atoms with Gasteiger partial charge in [-0.15, -0.1) is 0 Å². The topological polar surface area (TPSA) is 55.7 Å². The van der Waals surface area contributed by atoms with Crippen LogP contribution in [0.4, 0.5) is 0 Å². The fraction of sp³-hybridized carbons (Fsp3) is 0.476. The van der Waals surface area contributed by atoms with Crippen molar-refractivity contribution in [2.45, 2.75) is 51.9 Å². The summed E-state index contributed by atoms with van der Waals surface area (Å²) >= 11 is 12.5. The summed E-state index contributed by atoms with van der Waals surface area (Å²) < 4.78 is 5.50. The number of unbranched alkanes of at least 4 members (excludes halogenated alkanes) is 1. The van der Waals surface area contributed by atoms with Crippen LogP contribution in [0.25, 0.3) is 0 Å². The number of benzene rings is 1. The molecule has 27 heavy (non-hydrogen) atoms. The van der Waals surface area contributed by atoms with Crippen LogP contribution in [0.3, 0.4) is 0 Å². The fourth-order valence-corrected chi connectivity index (χ4v) is 4.33. The molecule has 0 aromatic heterocycles. The summed E-state index contributed by atoms with van der Waals surface area (Å²) in [5.41, 5.74) is 2.77. The average Bonchev–Trinajstić information content (AvgIpc) is 2.61. The van der Waals surface area contributed by atoms with Gasteiger partial charge in [-0.3, -0.25) is 14.6 Å². The van der Waals surface area contributed by atoms with Gasteiger partial charge in [-0.2, -0.15) is 0 Å². The molecule has 4 nitrogen and oxygen atoms in total. The summed E-state index contributed by atoms with van der Waals surface area (Å²) in [6, 6.07) is 5.18. The van der Waals surface area contributed by atoms with Gasteiger partial charge in [-0.05, 0) is 43.9 Å². The maximum Gasteiger partial charge on any atom is 0.315 e. The molecule has 2 aliphatic rings. The first-order valence-corrected chi connectivity index (χ1v) is 10.1. The van der Waals surface area contributed by atoms with E-state index in [2.05, 4.69) is 4.99 Å². The Labute approximate surface area is 169 Å². The van der Waals surface area contributed by atoms with Crippen molar-refractivity contribution in [3.05, 3.63) is 45.1 Å². The predicted octanol–water partition coefficient (Wildman–Crippen LogP) is 5.52. The summed E-state index contributed by atoms with van der Waals surface area (Å²) in [6.07, 6.45) is 3.71. The van der Waals surface area contributed by atoms with Gasteiger partial charge in [0.25, 0.3) is 0 Å². The van der Waals surface area contributed by atoms with Crippen LogP contribution in [0, 0.1) is 5.92 Å². The zero-order chi connectivity index (χ0) is 19.6. The Hall–Kier alpha value is -1.65. The summed E-state index contributed by atoms with van der Waals surface area (Å²) in [6.45, 7) is 4.22. The lowest BCUT2D eigenvalue weighted by atomic mass is 9.71. The van der Waals surface area contributed by atoms with Crippen LogP contribution in [0.2, 0.25) is 10.0 Å². The minimum atomic E-state index is -0.652. The van der Waals surface area contributed by atoms with Crippen LogP contribution in [0.1, 0.15) is 57.4 Å². The van der Waals surface area contributed by atoms with Crippen LogP contribution < -0.4 is 0 Å². The van der Waals surface area contributed by atoms with Gasteiger partial charge in [-0.25, -0.2) is 0 Å². The highest BCUT2D eigenvalue weighted by Gasteiger charge is 2.43. The summed E-state index contributed by atoms with van der Waals surface area (Å²) in [4.78, 5) is 30.3. The summed E-state index contributed by atoms with van der Waals surface area (Å²) in [7, 11) is 0. The van der Waals surface area contributed by atoms with E-state index in [-0.39, 0.29) is 11.8 Å². The van der Waals surface area contributed by atoms with Crippen LogP contribution >= 0.6 is 23.2 Å². The van der Waals surface area contributed by atoms with E-state index in [0.29, 0.717) is 34.4 Å². The van der Waals surface area contributed by atoms with Gasteiger partial charge in [0.2, 0.25) is 0 Å². The van der Waals surface area contributed by atoms with Gasteiger partial charge in [0.1, 0.15) is 5.92 Å². The number of allylic oxidation sites excluding steroid dienone is 2. The molecule has 1 aromatic carbocycles. The van der Waals surface area contributed by atoms with E-state index < -0.39 is 11.8 Å². The third kappa shape index (κ3) is 4.12. The first-order valence-electron chi connectivity index (χ1n) is 9.37. The molecule has 0 bridgehead atoms. The van der Waals surface area contributed by atoms with Gasteiger partial charge >= 0.3 is 5.97 Å². The molecule has 6 heteroatoms. The molecule has 1 unspecified atom stereocenters. The van der Waals surface area contributed by atoms with Crippen LogP contribution in [0.5, 0.6) is 0 Å². The van der Waals surface area contributed by atoms with Gasteiger partial charge in [-0.1, -0.05) is 42.6 Å². The standard InChI is InChI=1S/C21H23Cl2NO3/c1-3-4-10-27-21(26)18-12(2)24-16-6-5-7-17(25)20(16)19(18)14-9-8-13(22)11-15(14)23/h8-9,11,18-19H,3-7,10H2,1-2H3/t18?,19-/m1/s1. The van der Waals surface area contributed by atoms with Gasteiger partial charge in [0.15, 0.2) is 5.78 Å². The molecule has 1 aliphatic heterocycles. The Balaban J connectivity index is 2.08. The first kappa shape index (κ1) is 20.1. The van der Waals surface area contributed by atoms with Crippen molar-refractivity contribution in [1.82, 2.24) is 0 Å². The van der Waals surface area contributed by atoms with Crippen molar-refractivity contribution in [3.8, 4) is 0 Å². The number of ketones is 1. The molecule has 0 N–H and O–H groups in total. The summed E-state index contributed by atoms with van der Waals surface area (Å²) in [5.74, 6) is -1.45. The third-order valence-corrected chi connectivity index (χ3v) is 5.69. The number of carbonyl (C=O) groups excluding carboxylic acids is 2. The predicted molar refractivity (Wildman–Crippen MR) is 108 cm³/mol. The first-order chi connectivity index (χ1) is 12.9. The molecule has 0 fully saturated rings. The molecular weight excluding hydrogens is 385 g/mol. The second kappa shape index (κ2) is 8.57. The SMILES string of the molecule is CCCCOC(=O)C1C(C)=NC2=C(C(=O)CCC2)[C@@H]1c1ccc(Cl)cc1Cl. The van der Waals surface area contributed by atoms with Crippen LogP contribution in [-0.4, -0.2) is 24.1 Å². The smallest absolute Gasteiger partial charge is 0.315 e. The van der Waals surface area contributed by atoms with E-state index in [9.17, 15) is 9.59 Å². The van der Waals surface area contributed by atoms with Crippen molar-refractivity contribution in [1.29, 1.82) is 0 Å². The number of hydrogen-bond acceptors (Lipinski definition) is 4. The zero-order valence-corrected chi connectivity index (χ0v) is 17.1. The Bertz CT molecular complexity index is 829. The highest BCUT2D eigenvalue weighted by Crippen LogP contribution is 2.45. The number of aliphatic imine (C=N–C) groups is 1. The molecule has 1 aliphatic carbocycles. The van der Waals surface area contributed by atoms with Gasteiger partial charge in [0, 0.05) is 39.4 Å². The number of rotatable bonds is 5. The largest absolute Gasteiger partial charge is 0.465 e. The zero-order valence-electron chi connectivity index (χ0n) is 15.6. The second-order valence-electron chi connectivity index (χ2n) is 7.03. The molecular formula is C21H23Cl2NO3. The molecule has 0 amide bonds. The molecule has 0 saturated carbocycles. The van der Waals surface area contributed by atoms with Gasteiger partial charge < -0.3 is 4.74 Å². The Kier molecular flexibility index (Phi) is 6.38. The van der Waals surface area contributed by atoms with E-state index in [4.69, 9.17) is 27.9 Å². The molecule has 1 heterocycles. The quantitative estimate of drug-likeness (QED) is 0.476. The normalized spacial score (nSPS) is 22.4. The lowest BCUT2D eigenvalue weighted by Gasteiger charge is -2.34. The summed E-state index contributed by atoms with van der Waals surface area (Å²) in [5, 5.41) is 0.954. The monoisotopic (exact) mass is 407 g/mol. The number of Topliss-reactive ketones (excluding diaryl/α,β-unsaturated/α-hetero) is 1. The molecule has 0 spiro atoms. The molecule has 0 saturated heterocycles. The van der Waals surface area contributed by atoms with Crippen LogP contribution in [-0.2, 0) is 14.3 Å². The van der Waals surface area contributed by atoms with E-state index in [1.165, 1.54) is 0 Å². The number of halogens is 2. The Morgan fingerprint density at radius 1 is 1.30 bits per heavy atom. The van der Waals surface area contributed by atoms with Crippen molar-refractivity contribution in [2.24, 2.45) is 10.9 Å². The maximum atomic E-state index is 12.9. The number of esters is 1. The minimum absolute atomic E-state index is 0.0369. The van der Waals surface area contributed by atoms with E-state index in [1.807, 2.05) is 13.8 Å². The molecule has 0 radical (unpaired) electrons. The Morgan fingerprint density at radius 2 is 2.07 bits per heavy atom. The van der Waals surface area contributed by atoms with Gasteiger partial charge in [0.05, 0.1) is 6.61 Å². The van der Waals surface area contributed by atoms with Crippen LogP contribution in [0.15, 0.2) is 34.5 Å². The highest BCUT2D eigenvalue weighted by atomic mass is 35.5. The molecule has 3 rings (SSSR count). The maximum absolute atomic E-state index is 12.9. The molecule has 144 valence electrons.